The van der Waals surface area contributed by atoms with Crippen molar-refractivity contribution in [3.63, 3.8) is 0 Å². The summed E-state index contributed by atoms with van der Waals surface area (Å²) in [5.74, 6) is 0. The van der Waals surface area contributed by atoms with Gasteiger partial charge in [-0.25, -0.2) is 18.2 Å². The molecule has 1 saturated heterocycles. The van der Waals surface area contributed by atoms with Crippen molar-refractivity contribution in [2.45, 2.75) is 23.5 Å². The Balaban J connectivity index is 1.63. The molecular formula is C18H19N3O4S. The second-order valence-corrected chi connectivity index (χ2v) is 8.40. The van der Waals surface area contributed by atoms with E-state index >= 15 is 0 Å². The smallest absolute Gasteiger partial charge is 0.414 e. The van der Waals surface area contributed by atoms with Crippen LogP contribution < -0.4 is 4.90 Å². The van der Waals surface area contributed by atoms with Gasteiger partial charge in [-0.3, -0.25) is 4.90 Å². The Morgan fingerprint density at radius 3 is 2.46 bits per heavy atom. The van der Waals surface area contributed by atoms with Gasteiger partial charge < -0.3 is 4.74 Å². The number of sulfonamides is 1. The first kappa shape index (κ1) is 17.0. The summed E-state index contributed by atoms with van der Waals surface area (Å²) in [7, 11) is -1.97. The zero-order valence-electron chi connectivity index (χ0n) is 14.3. The molecule has 0 N–H and O–H groups in total. The van der Waals surface area contributed by atoms with Gasteiger partial charge >= 0.3 is 6.09 Å². The molecule has 2 aliphatic rings. The standard InChI is InChI=1S/C18H19N3O4S/c1-20-15-7-3-2-6-14(15)18(25-17(20)22)9-12-21(13-10-18)26(23,24)16-8-4-5-11-19-16/h2-8,11H,9-10,12-13H2,1H3. The van der Waals surface area contributed by atoms with Crippen molar-refractivity contribution in [1.29, 1.82) is 0 Å². The Labute approximate surface area is 152 Å². The molecule has 0 unspecified atom stereocenters. The number of piperidine rings is 1. The molecule has 1 fully saturated rings. The topological polar surface area (TPSA) is 79.8 Å². The Hall–Kier alpha value is -2.45. The normalized spacial score (nSPS) is 19.9. The molecule has 7 nitrogen and oxygen atoms in total. The largest absolute Gasteiger partial charge is 0.437 e. The van der Waals surface area contributed by atoms with E-state index in [0.717, 1.165) is 11.3 Å². The summed E-state index contributed by atoms with van der Waals surface area (Å²) < 4.78 is 32.7. The maximum atomic E-state index is 12.8. The van der Waals surface area contributed by atoms with E-state index in [9.17, 15) is 13.2 Å². The monoisotopic (exact) mass is 373 g/mol. The fourth-order valence-corrected chi connectivity index (χ4v) is 5.00. The number of nitrogens with zero attached hydrogens (tertiary/aromatic N) is 3. The van der Waals surface area contributed by atoms with Gasteiger partial charge in [0.2, 0.25) is 0 Å². The van der Waals surface area contributed by atoms with Crippen LogP contribution in [-0.2, 0) is 20.4 Å². The van der Waals surface area contributed by atoms with Crippen molar-refractivity contribution in [2.75, 3.05) is 25.0 Å². The number of carbonyl (C=O) groups excluding carboxylic acids is 1. The van der Waals surface area contributed by atoms with E-state index in [1.165, 1.54) is 21.5 Å². The summed E-state index contributed by atoms with van der Waals surface area (Å²) in [4.78, 5) is 17.7. The zero-order valence-corrected chi connectivity index (χ0v) is 15.1. The number of ether oxygens (including phenoxy) is 1. The van der Waals surface area contributed by atoms with Crippen molar-refractivity contribution < 1.29 is 17.9 Å². The summed E-state index contributed by atoms with van der Waals surface area (Å²) in [6.07, 6.45) is 1.88. The number of rotatable bonds is 2. The van der Waals surface area contributed by atoms with Gasteiger partial charge in [0.15, 0.2) is 5.03 Å². The number of aromatic nitrogens is 1. The predicted molar refractivity (Wildman–Crippen MR) is 95.2 cm³/mol. The lowest BCUT2D eigenvalue weighted by atomic mass is 9.82. The van der Waals surface area contributed by atoms with Crippen molar-refractivity contribution in [1.82, 2.24) is 9.29 Å². The molecule has 1 aromatic heterocycles. The quantitative estimate of drug-likeness (QED) is 0.807. The molecule has 0 bridgehead atoms. The summed E-state index contributed by atoms with van der Waals surface area (Å²) in [6.45, 7) is 0.536. The molecule has 136 valence electrons. The maximum absolute atomic E-state index is 12.8. The van der Waals surface area contributed by atoms with Crippen LogP contribution in [0.1, 0.15) is 18.4 Å². The fraction of sp³-hybridized carbons (Fsp3) is 0.333. The molecule has 0 atom stereocenters. The molecule has 1 spiro atoms. The van der Waals surface area contributed by atoms with Crippen molar-refractivity contribution in [3.05, 3.63) is 54.2 Å². The molecule has 8 heteroatoms. The number of amides is 1. The Morgan fingerprint density at radius 1 is 1.08 bits per heavy atom. The molecule has 0 aliphatic carbocycles. The van der Waals surface area contributed by atoms with Crippen LogP contribution in [-0.4, -0.2) is 43.9 Å². The van der Waals surface area contributed by atoms with Crippen molar-refractivity contribution >= 4 is 21.8 Å². The summed E-state index contributed by atoms with van der Waals surface area (Å²) in [5, 5.41) is 0.0386. The van der Waals surface area contributed by atoms with E-state index in [2.05, 4.69) is 4.98 Å². The first-order valence-corrected chi connectivity index (χ1v) is 9.85. The highest BCUT2D eigenvalue weighted by atomic mass is 32.2. The number of para-hydroxylation sites is 1. The summed E-state index contributed by atoms with van der Waals surface area (Å²) in [5.41, 5.74) is 0.956. The average molecular weight is 373 g/mol. The van der Waals surface area contributed by atoms with Crippen molar-refractivity contribution in [2.24, 2.45) is 0 Å². The first-order chi connectivity index (χ1) is 12.4. The van der Waals surface area contributed by atoms with Gasteiger partial charge in [0.05, 0.1) is 5.69 Å². The van der Waals surface area contributed by atoms with E-state index in [1.54, 1.807) is 19.2 Å². The van der Waals surface area contributed by atoms with Crippen LogP contribution in [0.25, 0.3) is 0 Å². The average Bonchev–Trinajstić information content (AvgIpc) is 2.67. The maximum Gasteiger partial charge on any atom is 0.414 e. The lowest BCUT2D eigenvalue weighted by molar-refractivity contribution is -0.0288. The number of hydrogen-bond donors (Lipinski definition) is 0. The zero-order chi connectivity index (χ0) is 18.4. The lowest BCUT2D eigenvalue weighted by Crippen LogP contribution is -2.51. The third-order valence-corrected chi connectivity index (χ3v) is 6.90. The number of hydrogen-bond acceptors (Lipinski definition) is 5. The highest BCUT2D eigenvalue weighted by Gasteiger charge is 2.47. The molecule has 4 rings (SSSR count). The van der Waals surface area contributed by atoms with Gasteiger partial charge in [0.1, 0.15) is 5.60 Å². The lowest BCUT2D eigenvalue weighted by Gasteiger charge is -2.45. The SMILES string of the molecule is CN1C(=O)OC2(CCN(S(=O)(=O)c3ccccn3)CC2)c2ccccc21. The van der Waals surface area contributed by atoms with E-state index < -0.39 is 21.7 Å². The van der Waals surface area contributed by atoms with Gasteiger partial charge in [-0.1, -0.05) is 24.3 Å². The molecule has 1 aromatic carbocycles. The highest BCUT2D eigenvalue weighted by Crippen LogP contribution is 2.45. The van der Waals surface area contributed by atoms with E-state index in [0.29, 0.717) is 12.8 Å². The number of anilines is 1. The second-order valence-electron chi connectivity index (χ2n) is 6.51. The number of benzene rings is 1. The van der Waals surface area contributed by atoms with Crippen LogP contribution in [0.15, 0.2) is 53.7 Å². The third kappa shape index (κ3) is 2.57. The number of fused-ring (bicyclic) bond motifs is 2. The minimum absolute atomic E-state index is 0.0386. The Bertz CT molecular complexity index is 938. The van der Waals surface area contributed by atoms with E-state index in [-0.39, 0.29) is 18.1 Å². The van der Waals surface area contributed by atoms with Gasteiger partial charge in [0, 0.05) is 44.7 Å². The Morgan fingerprint density at radius 2 is 1.77 bits per heavy atom. The van der Waals surface area contributed by atoms with Gasteiger partial charge in [0.25, 0.3) is 10.0 Å². The van der Waals surface area contributed by atoms with Crippen LogP contribution in [0.5, 0.6) is 0 Å². The molecule has 2 aliphatic heterocycles. The highest BCUT2D eigenvalue weighted by molar-refractivity contribution is 7.89. The molecule has 0 saturated carbocycles. The molecule has 0 radical (unpaired) electrons. The fourth-order valence-electron chi connectivity index (χ4n) is 3.63. The van der Waals surface area contributed by atoms with Crippen molar-refractivity contribution in [3.8, 4) is 0 Å². The number of pyridine rings is 1. The molecule has 26 heavy (non-hydrogen) atoms. The van der Waals surface area contributed by atoms with Gasteiger partial charge in [-0.15, -0.1) is 0 Å². The van der Waals surface area contributed by atoms with E-state index in [1.807, 2.05) is 24.3 Å². The third-order valence-electron chi connectivity index (χ3n) is 5.08. The van der Waals surface area contributed by atoms with Crippen LogP contribution in [0, 0.1) is 0 Å². The van der Waals surface area contributed by atoms with E-state index in [4.69, 9.17) is 4.74 Å². The predicted octanol–water partition coefficient (Wildman–Crippen LogP) is 2.35. The first-order valence-electron chi connectivity index (χ1n) is 8.41. The van der Waals surface area contributed by atoms with Crippen LogP contribution in [0.3, 0.4) is 0 Å². The minimum atomic E-state index is -3.65. The minimum Gasteiger partial charge on any atom is -0.437 e. The summed E-state index contributed by atoms with van der Waals surface area (Å²) >= 11 is 0. The number of carbonyl (C=O) groups is 1. The molecular weight excluding hydrogens is 354 g/mol. The molecule has 2 aromatic rings. The molecule has 1 amide bonds. The van der Waals surface area contributed by atoms with Gasteiger partial charge in [-0.2, -0.15) is 4.31 Å². The van der Waals surface area contributed by atoms with Crippen LogP contribution in [0.2, 0.25) is 0 Å². The molecule has 3 heterocycles. The van der Waals surface area contributed by atoms with Crippen LogP contribution >= 0.6 is 0 Å². The van der Waals surface area contributed by atoms with Crippen LogP contribution in [0.4, 0.5) is 10.5 Å². The summed E-state index contributed by atoms with van der Waals surface area (Å²) in [6, 6.07) is 12.4. The Kier molecular flexibility index (Phi) is 3.96. The van der Waals surface area contributed by atoms with Gasteiger partial charge in [-0.05, 0) is 18.2 Å². The second kappa shape index (κ2) is 6.07.